The van der Waals surface area contributed by atoms with Crippen LogP contribution in [0.3, 0.4) is 0 Å². The Morgan fingerprint density at radius 3 is 2.35 bits per heavy atom. The maximum absolute atomic E-state index is 12.2. The van der Waals surface area contributed by atoms with Crippen molar-refractivity contribution in [1.29, 1.82) is 0 Å². The first-order chi connectivity index (χ1) is 9.32. The highest BCUT2D eigenvalue weighted by molar-refractivity contribution is 6.31. The summed E-state index contributed by atoms with van der Waals surface area (Å²) in [7, 11) is 1.82. The number of hydrogen-bond donors (Lipinski definition) is 1. The van der Waals surface area contributed by atoms with E-state index in [2.05, 4.69) is 33.0 Å². The molecule has 0 aliphatic carbocycles. The van der Waals surface area contributed by atoms with Gasteiger partial charge in [0, 0.05) is 18.6 Å². The van der Waals surface area contributed by atoms with Crippen molar-refractivity contribution in [3.8, 4) is 0 Å². The maximum atomic E-state index is 12.2. The van der Waals surface area contributed by atoms with Gasteiger partial charge in [-0.2, -0.15) is 0 Å². The molecule has 4 heteroatoms. The lowest BCUT2D eigenvalue weighted by Crippen LogP contribution is -2.42. The molecule has 20 heavy (non-hydrogen) atoms. The fourth-order valence-corrected chi connectivity index (χ4v) is 2.46. The van der Waals surface area contributed by atoms with Crippen LogP contribution < -0.4 is 5.32 Å². The summed E-state index contributed by atoms with van der Waals surface area (Å²) >= 11 is 6.25. The van der Waals surface area contributed by atoms with Crippen molar-refractivity contribution in [2.24, 2.45) is 11.8 Å². The molecule has 0 aliphatic heterocycles. The van der Waals surface area contributed by atoms with Gasteiger partial charge in [0.2, 0.25) is 0 Å². The highest BCUT2D eigenvalue weighted by Crippen LogP contribution is 2.28. The number of amides is 2. The van der Waals surface area contributed by atoms with Crippen LogP contribution in [-0.2, 0) is 0 Å². The molecule has 3 nitrogen and oxygen atoms in total. The minimum absolute atomic E-state index is 0.0580. The molecular weight excluding hydrogens is 272 g/mol. The van der Waals surface area contributed by atoms with Crippen LogP contribution in [0.4, 0.5) is 4.79 Å². The van der Waals surface area contributed by atoms with Crippen molar-refractivity contribution in [3.05, 3.63) is 34.9 Å². The molecule has 0 saturated heterocycles. The Balaban J connectivity index is 2.84. The molecule has 0 saturated carbocycles. The molecule has 0 bridgehead atoms. The van der Waals surface area contributed by atoms with Gasteiger partial charge in [0.1, 0.15) is 0 Å². The molecule has 0 fully saturated rings. The van der Waals surface area contributed by atoms with E-state index in [0.29, 0.717) is 10.9 Å². The lowest BCUT2D eigenvalue weighted by molar-refractivity contribution is 0.195. The van der Waals surface area contributed by atoms with Crippen LogP contribution in [0.5, 0.6) is 0 Å². The molecule has 1 unspecified atom stereocenters. The van der Waals surface area contributed by atoms with Gasteiger partial charge in [0.05, 0.1) is 6.04 Å². The highest BCUT2D eigenvalue weighted by atomic mass is 35.5. The number of benzene rings is 1. The molecule has 0 heterocycles. The maximum Gasteiger partial charge on any atom is 0.317 e. The Kier molecular flexibility index (Phi) is 6.34. The normalized spacial score (nSPS) is 12.6. The number of nitrogens with zero attached hydrogens (tertiary/aromatic N) is 1. The summed E-state index contributed by atoms with van der Waals surface area (Å²) in [6, 6.07) is 7.53. The second-order valence-electron chi connectivity index (χ2n) is 5.97. The Labute approximate surface area is 127 Å². The van der Waals surface area contributed by atoms with Crippen molar-refractivity contribution < 1.29 is 4.79 Å². The van der Waals surface area contributed by atoms with Gasteiger partial charge in [-0.1, -0.05) is 57.5 Å². The van der Waals surface area contributed by atoms with Gasteiger partial charge in [-0.15, -0.1) is 0 Å². The van der Waals surface area contributed by atoms with Gasteiger partial charge in [0.15, 0.2) is 0 Å². The van der Waals surface area contributed by atoms with Crippen LogP contribution in [0.15, 0.2) is 24.3 Å². The van der Waals surface area contributed by atoms with Crippen molar-refractivity contribution in [2.45, 2.75) is 33.7 Å². The highest BCUT2D eigenvalue weighted by Gasteiger charge is 2.22. The van der Waals surface area contributed by atoms with Crippen LogP contribution >= 0.6 is 11.6 Å². The van der Waals surface area contributed by atoms with Crippen LogP contribution in [0.25, 0.3) is 0 Å². The number of hydrogen-bond acceptors (Lipinski definition) is 1. The monoisotopic (exact) mass is 296 g/mol. The summed E-state index contributed by atoms with van der Waals surface area (Å²) in [4.78, 5) is 14.0. The predicted octanol–water partition coefficient (Wildman–Crippen LogP) is 4.33. The average molecular weight is 297 g/mol. The van der Waals surface area contributed by atoms with Gasteiger partial charge < -0.3 is 10.2 Å². The summed E-state index contributed by atoms with van der Waals surface area (Å²) in [6.07, 6.45) is 0. The fraction of sp³-hybridized carbons (Fsp3) is 0.562. The van der Waals surface area contributed by atoms with E-state index in [1.807, 2.05) is 31.3 Å². The summed E-state index contributed by atoms with van der Waals surface area (Å²) in [5.74, 6) is 0.717. The molecular formula is C16H25ClN2O. The fourth-order valence-electron chi connectivity index (χ4n) is 2.20. The number of carbonyl (C=O) groups is 1. The summed E-state index contributed by atoms with van der Waals surface area (Å²) in [6.45, 7) is 9.09. The topological polar surface area (TPSA) is 32.3 Å². The third-order valence-electron chi connectivity index (χ3n) is 3.17. The number of rotatable bonds is 5. The Hall–Kier alpha value is -1.22. The minimum Gasteiger partial charge on any atom is -0.331 e. The van der Waals surface area contributed by atoms with E-state index in [4.69, 9.17) is 11.6 Å². The second-order valence-corrected chi connectivity index (χ2v) is 6.37. The van der Waals surface area contributed by atoms with Crippen molar-refractivity contribution in [3.63, 3.8) is 0 Å². The first-order valence-electron chi connectivity index (χ1n) is 7.09. The van der Waals surface area contributed by atoms with E-state index in [-0.39, 0.29) is 18.0 Å². The van der Waals surface area contributed by atoms with Gasteiger partial charge in [-0.3, -0.25) is 0 Å². The van der Waals surface area contributed by atoms with Gasteiger partial charge in [-0.05, 0) is 23.5 Å². The molecule has 0 aromatic heterocycles. The summed E-state index contributed by atoms with van der Waals surface area (Å²) in [5.41, 5.74) is 0.968. The number of halogens is 1. The average Bonchev–Trinajstić information content (AvgIpc) is 2.35. The van der Waals surface area contributed by atoms with Crippen LogP contribution in [0.1, 0.15) is 39.3 Å². The molecule has 1 aromatic carbocycles. The lowest BCUT2D eigenvalue weighted by Gasteiger charge is -2.27. The van der Waals surface area contributed by atoms with Crippen LogP contribution in [0, 0.1) is 11.8 Å². The second kappa shape index (κ2) is 7.53. The molecule has 1 N–H and O–H groups in total. The number of nitrogens with one attached hydrogen (secondary N) is 1. The van der Waals surface area contributed by atoms with E-state index in [1.54, 1.807) is 4.90 Å². The van der Waals surface area contributed by atoms with Gasteiger partial charge in [-0.25, -0.2) is 4.79 Å². The molecule has 1 rings (SSSR count). The van der Waals surface area contributed by atoms with Crippen molar-refractivity contribution in [2.75, 3.05) is 13.6 Å². The Bertz CT molecular complexity index is 446. The zero-order valence-electron chi connectivity index (χ0n) is 13.0. The van der Waals surface area contributed by atoms with Crippen LogP contribution in [0.2, 0.25) is 5.02 Å². The quantitative estimate of drug-likeness (QED) is 0.861. The molecule has 2 amide bonds. The minimum atomic E-state index is -0.0780. The third-order valence-corrected chi connectivity index (χ3v) is 3.52. The zero-order chi connectivity index (χ0) is 15.3. The molecule has 112 valence electrons. The van der Waals surface area contributed by atoms with Crippen LogP contribution in [-0.4, -0.2) is 24.5 Å². The molecule has 1 atom stereocenters. The Morgan fingerprint density at radius 2 is 1.85 bits per heavy atom. The number of urea groups is 1. The molecule has 1 aromatic rings. The predicted molar refractivity (Wildman–Crippen MR) is 85.0 cm³/mol. The Morgan fingerprint density at radius 1 is 1.25 bits per heavy atom. The van der Waals surface area contributed by atoms with E-state index in [0.717, 1.165) is 12.1 Å². The van der Waals surface area contributed by atoms with E-state index < -0.39 is 0 Å². The summed E-state index contributed by atoms with van der Waals surface area (Å²) in [5, 5.41) is 3.77. The molecule has 0 radical (unpaired) electrons. The van der Waals surface area contributed by atoms with E-state index in [9.17, 15) is 4.79 Å². The van der Waals surface area contributed by atoms with Gasteiger partial charge in [0.25, 0.3) is 0 Å². The summed E-state index contributed by atoms with van der Waals surface area (Å²) < 4.78 is 0. The molecule has 0 aliphatic rings. The third kappa shape index (κ3) is 4.71. The SMILES string of the molecule is CC(C)CN(C)C(=O)NC(c1ccccc1Cl)C(C)C. The number of carbonyl (C=O) groups excluding carboxylic acids is 1. The lowest BCUT2D eigenvalue weighted by atomic mass is 9.96. The standard InChI is InChI=1S/C16H25ClN2O/c1-11(2)10-19(5)16(20)18-15(12(3)4)13-8-6-7-9-14(13)17/h6-9,11-12,15H,10H2,1-5H3,(H,18,20). The van der Waals surface area contributed by atoms with E-state index in [1.165, 1.54) is 0 Å². The van der Waals surface area contributed by atoms with Crippen molar-refractivity contribution in [1.82, 2.24) is 10.2 Å². The first-order valence-corrected chi connectivity index (χ1v) is 7.46. The first kappa shape index (κ1) is 16.8. The zero-order valence-corrected chi connectivity index (χ0v) is 13.7. The largest absolute Gasteiger partial charge is 0.331 e. The van der Waals surface area contributed by atoms with Crippen molar-refractivity contribution >= 4 is 17.6 Å². The molecule has 0 spiro atoms. The van der Waals surface area contributed by atoms with Gasteiger partial charge >= 0.3 is 6.03 Å². The smallest absolute Gasteiger partial charge is 0.317 e. The van der Waals surface area contributed by atoms with E-state index >= 15 is 0 Å².